The third kappa shape index (κ3) is 2.24. The Morgan fingerprint density at radius 2 is 1.94 bits per heavy atom. The summed E-state index contributed by atoms with van der Waals surface area (Å²) in [4.78, 5) is 11.1. The lowest BCUT2D eigenvalue weighted by molar-refractivity contribution is 0.0695. The topological polar surface area (TPSA) is 71.4 Å². The highest BCUT2D eigenvalue weighted by Gasteiger charge is 2.20. The average molecular weight is 242 g/mol. The Balaban J connectivity index is 3.71. The van der Waals surface area contributed by atoms with E-state index in [1.807, 2.05) is 0 Å². The van der Waals surface area contributed by atoms with Crippen LogP contribution in [0, 0.1) is 6.92 Å². The highest BCUT2D eigenvalue weighted by atomic mass is 32.2. The average Bonchev–Trinajstić information content (AvgIpc) is 2.14. The first kappa shape index (κ1) is 12.7. The monoisotopic (exact) mass is 242 g/mol. The van der Waals surface area contributed by atoms with Gasteiger partial charge in [-0.2, -0.15) is 0 Å². The first-order valence-corrected chi connectivity index (χ1v) is 6.74. The molecule has 0 aliphatic carbocycles. The van der Waals surface area contributed by atoms with E-state index in [1.54, 1.807) is 13.8 Å². The van der Waals surface area contributed by atoms with Gasteiger partial charge >= 0.3 is 5.97 Å². The summed E-state index contributed by atoms with van der Waals surface area (Å²) in [5.41, 5.74) is 1.04. The van der Waals surface area contributed by atoms with Gasteiger partial charge in [0.05, 0.1) is 10.5 Å². The summed E-state index contributed by atoms with van der Waals surface area (Å²) in [6.45, 7) is 3.41. The van der Waals surface area contributed by atoms with Crippen LogP contribution in [0.1, 0.15) is 28.4 Å². The first-order valence-electron chi connectivity index (χ1n) is 4.84. The van der Waals surface area contributed by atoms with E-state index in [2.05, 4.69) is 0 Å². The van der Waals surface area contributed by atoms with Crippen molar-refractivity contribution >= 4 is 15.8 Å². The van der Waals surface area contributed by atoms with Crippen molar-refractivity contribution in [3.63, 3.8) is 0 Å². The standard InChI is InChI=1S/C11H14O4S/c1-4-8-9(11(12)13)6-5-7(2)10(8)16(3,14)15/h5-6H,4H2,1-3H3,(H,12,13). The normalized spacial score (nSPS) is 11.4. The van der Waals surface area contributed by atoms with Crippen molar-refractivity contribution in [2.24, 2.45) is 0 Å². The van der Waals surface area contributed by atoms with E-state index in [4.69, 9.17) is 5.11 Å². The Kier molecular flexibility index (Phi) is 3.38. The molecule has 0 heterocycles. The smallest absolute Gasteiger partial charge is 0.336 e. The molecule has 1 rings (SSSR count). The highest BCUT2D eigenvalue weighted by Crippen LogP contribution is 2.24. The number of hydrogen-bond acceptors (Lipinski definition) is 3. The van der Waals surface area contributed by atoms with Gasteiger partial charge in [0.2, 0.25) is 0 Å². The molecule has 1 N–H and O–H groups in total. The van der Waals surface area contributed by atoms with Crippen molar-refractivity contribution in [1.29, 1.82) is 0 Å². The molecule has 1 aromatic rings. The van der Waals surface area contributed by atoms with Gasteiger partial charge in [0.1, 0.15) is 0 Å². The predicted molar refractivity (Wildman–Crippen MR) is 60.6 cm³/mol. The second-order valence-electron chi connectivity index (χ2n) is 3.67. The molecule has 0 bridgehead atoms. The molecule has 1 aromatic carbocycles. The summed E-state index contributed by atoms with van der Waals surface area (Å²) >= 11 is 0. The fraction of sp³-hybridized carbons (Fsp3) is 0.364. The first-order chi connectivity index (χ1) is 7.29. The van der Waals surface area contributed by atoms with Crippen LogP contribution in [0.4, 0.5) is 0 Å². The van der Waals surface area contributed by atoms with Crippen LogP contribution in [-0.4, -0.2) is 25.7 Å². The third-order valence-electron chi connectivity index (χ3n) is 2.41. The summed E-state index contributed by atoms with van der Waals surface area (Å²) < 4.78 is 23.2. The molecule has 16 heavy (non-hydrogen) atoms. The minimum atomic E-state index is -3.40. The summed E-state index contributed by atoms with van der Waals surface area (Å²) in [6, 6.07) is 2.98. The highest BCUT2D eigenvalue weighted by molar-refractivity contribution is 7.90. The quantitative estimate of drug-likeness (QED) is 0.875. The number of sulfone groups is 1. The van der Waals surface area contributed by atoms with Crippen LogP contribution in [0.5, 0.6) is 0 Å². The van der Waals surface area contributed by atoms with Gasteiger partial charge in [0.15, 0.2) is 9.84 Å². The molecule has 0 amide bonds. The number of carboxylic acid groups (broad SMARTS) is 1. The zero-order chi connectivity index (χ0) is 12.5. The van der Waals surface area contributed by atoms with Crippen molar-refractivity contribution < 1.29 is 18.3 Å². The Labute approximate surface area is 94.8 Å². The lowest BCUT2D eigenvalue weighted by Crippen LogP contribution is -2.10. The minimum Gasteiger partial charge on any atom is -0.478 e. The molecule has 0 saturated heterocycles. The van der Waals surface area contributed by atoms with Crippen LogP contribution in [0.3, 0.4) is 0 Å². The number of aryl methyl sites for hydroxylation is 1. The van der Waals surface area contributed by atoms with Gasteiger partial charge in [-0.05, 0) is 30.5 Å². The molecule has 0 spiro atoms. The largest absolute Gasteiger partial charge is 0.478 e. The molecule has 0 aliphatic rings. The maximum Gasteiger partial charge on any atom is 0.336 e. The second kappa shape index (κ2) is 4.25. The molecule has 5 heteroatoms. The molecular formula is C11H14O4S. The van der Waals surface area contributed by atoms with Gasteiger partial charge in [0, 0.05) is 6.26 Å². The summed E-state index contributed by atoms with van der Waals surface area (Å²) in [5, 5.41) is 8.98. The molecule has 0 aromatic heterocycles. The van der Waals surface area contributed by atoms with Crippen molar-refractivity contribution in [2.45, 2.75) is 25.2 Å². The van der Waals surface area contributed by atoms with Crippen molar-refractivity contribution in [2.75, 3.05) is 6.26 Å². The molecule has 0 aliphatic heterocycles. The van der Waals surface area contributed by atoms with E-state index in [1.165, 1.54) is 12.1 Å². The summed E-state index contributed by atoms with van der Waals surface area (Å²) in [7, 11) is -3.40. The SMILES string of the molecule is CCc1c(C(=O)O)ccc(C)c1S(C)(=O)=O. The van der Waals surface area contributed by atoms with Crippen LogP contribution in [-0.2, 0) is 16.3 Å². The number of aromatic carboxylic acids is 1. The molecule has 4 nitrogen and oxygen atoms in total. The van der Waals surface area contributed by atoms with Gasteiger partial charge in [0.25, 0.3) is 0 Å². The van der Waals surface area contributed by atoms with Crippen LogP contribution in [0.15, 0.2) is 17.0 Å². The number of carboxylic acids is 1. The Morgan fingerprint density at radius 1 is 1.38 bits per heavy atom. The number of rotatable bonds is 3. The summed E-state index contributed by atoms with van der Waals surface area (Å²) in [5.74, 6) is -1.10. The Bertz CT molecular complexity index is 529. The molecule has 0 atom stereocenters. The maximum atomic E-state index is 11.6. The van der Waals surface area contributed by atoms with Crippen molar-refractivity contribution in [3.05, 3.63) is 28.8 Å². The van der Waals surface area contributed by atoms with E-state index in [9.17, 15) is 13.2 Å². The number of carbonyl (C=O) groups is 1. The zero-order valence-corrected chi connectivity index (χ0v) is 10.3. The lowest BCUT2D eigenvalue weighted by atomic mass is 10.0. The maximum absolute atomic E-state index is 11.6. The van der Waals surface area contributed by atoms with E-state index in [-0.39, 0.29) is 10.5 Å². The van der Waals surface area contributed by atoms with E-state index in [0.717, 1.165) is 6.26 Å². The molecule has 0 unspecified atom stereocenters. The van der Waals surface area contributed by atoms with Crippen molar-refractivity contribution in [3.8, 4) is 0 Å². The van der Waals surface area contributed by atoms with E-state index in [0.29, 0.717) is 17.5 Å². The lowest BCUT2D eigenvalue weighted by Gasteiger charge is -2.12. The van der Waals surface area contributed by atoms with Crippen molar-refractivity contribution in [1.82, 2.24) is 0 Å². The second-order valence-corrected chi connectivity index (χ2v) is 5.62. The fourth-order valence-corrected chi connectivity index (χ4v) is 3.17. The van der Waals surface area contributed by atoms with Crippen LogP contribution >= 0.6 is 0 Å². The Hall–Kier alpha value is -1.36. The predicted octanol–water partition coefficient (Wildman–Crippen LogP) is 1.66. The number of benzene rings is 1. The number of hydrogen-bond donors (Lipinski definition) is 1. The summed E-state index contributed by atoms with van der Waals surface area (Å²) in [6.07, 6.45) is 1.48. The van der Waals surface area contributed by atoms with E-state index < -0.39 is 15.8 Å². The van der Waals surface area contributed by atoms with E-state index >= 15 is 0 Å². The zero-order valence-electron chi connectivity index (χ0n) is 9.44. The van der Waals surface area contributed by atoms with Crippen LogP contribution in [0.25, 0.3) is 0 Å². The van der Waals surface area contributed by atoms with Gasteiger partial charge in [-0.25, -0.2) is 13.2 Å². The molecule has 0 fully saturated rings. The van der Waals surface area contributed by atoms with Gasteiger partial charge in [-0.1, -0.05) is 13.0 Å². The van der Waals surface area contributed by atoms with Crippen LogP contribution < -0.4 is 0 Å². The van der Waals surface area contributed by atoms with Crippen LogP contribution in [0.2, 0.25) is 0 Å². The fourth-order valence-electron chi connectivity index (χ4n) is 1.81. The third-order valence-corrected chi connectivity index (χ3v) is 3.72. The molecule has 0 saturated carbocycles. The van der Waals surface area contributed by atoms with Gasteiger partial charge in [-0.3, -0.25) is 0 Å². The minimum absolute atomic E-state index is 0.0634. The molecular weight excluding hydrogens is 228 g/mol. The molecule has 88 valence electrons. The molecule has 0 radical (unpaired) electrons. The van der Waals surface area contributed by atoms with Gasteiger partial charge in [-0.15, -0.1) is 0 Å². The Morgan fingerprint density at radius 3 is 2.31 bits per heavy atom. The van der Waals surface area contributed by atoms with Gasteiger partial charge < -0.3 is 5.11 Å².